The molecule has 1 aliphatic heterocycles. The highest BCUT2D eigenvalue weighted by Gasteiger charge is 2.44. The molecule has 0 spiro atoms. The van der Waals surface area contributed by atoms with Crippen molar-refractivity contribution in [2.45, 2.75) is 24.6 Å². The molecule has 4 heteroatoms. The van der Waals surface area contributed by atoms with Gasteiger partial charge in [-0.1, -0.05) is 0 Å². The molecule has 2 rings (SSSR count). The number of hydrogen-bond donors (Lipinski definition) is 1. The van der Waals surface area contributed by atoms with Crippen LogP contribution in [0.3, 0.4) is 0 Å². The van der Waals surface area contributed by atoms with Crippen molar-refractivity contribution < 1.29 is 9.13 Å². The van der Waals surface area contributed by atoms with E-state index in [0.29, 0.717) is 19.7 Å². The number of alkyl halides is 1. The first kappa shape index (κ1) is 9.37. The maximum atomic E-state index is 13.4. The molecule has 0 bridgehead atoms. The lowest BCUT2D eigenvalue weighted by molar-refractivity contribution is -0.0313. The smallest absolute Gasteiger partial charge is 0.123 e. The second kappa shape index (κ2) is 3.52. The van der Waals surface area contributed by atoms with E-state index < -0.39 is 5.67 Å². The minimum absolute atomic E-state index is 0.107. The molecule has 0 radical (unpaired) electrons. The van der Waals surface area contributed by atoms with E-state index >= 15 is 0 Å². The number of halogens is 1. The van der Waals surface area contributed by atoms with Crippen molar-refractivity contribution in [3.05, 3.63) is 0 Å². The molecule has 1 saturated carbocycles. The van der Waals surface area contributed by atoms with Gasteiger partial charge in [0.25, 0.3) is 0 Å². The molecule has 13 heavy (non-hydrogen) atoms. The predicted octanol–water partition coefficient (Wildman–Crippen LogP) is 0.148. The minimum Gasteiger partial charge on any atom is -0.374 e. The summed E-state index contributed by atoms with van der Waals surface area (Å²) in [7, 11) is 0. The zero-order valence-corrected chi connectivity index (χ0v) is 7.84. The summed E-state index contributed by atoms with van der Waals surface area (Å²) in [5, 5.41) is 0. The molecule has 0 aromatic carbocycles. The van der Waals surface area contributed by atoms with Crippen LogP contribution in [0.15, 0.2) is 0 Å². The fraction of sp³-hybridized carbons (Fsp3) is 1.00. The number of rotatable bonds is 3. The van der Waals surface area contributed by atoms with E-state index in [0.717, 1.165) is 25.9 Å². The third kappa shape index (κ3) is 2.39. The topological polar surface area (TPSA) is 38.5 Å². The molecule has 1 aliphatic carbocycles. The van der Waals surface area contributed by atoms with Crippen molar-refractivity contribution in [1.82, 2.24) is 4.90 Å². The van der Waals surface area contributed by atoms with Gasteiger partial charge in [-0.05, 0) is 12.8 Å². The van der Waals surface area contributed by atoms with Crippen LogP contribution < -0.4 is 5.73 Å². The Hall–Kier alpha value is -0.190. The Labute approximate surface area is 78.0 Å². The Morgan fingerprint density at radius 3 is 2.92 bits per heavy atom. The normalized spacial score (nSPS) is 33.2. The van der Waals surface area contributed by atoms with Crippen LogP contribution in [-0.2, 0) is 4.74 Å². The van der Waals surface area contributed by atoms with Crippen LogP contribution in [-0.4, -0.2) is 49.5 Å². The molecule has 1 unspecified atom stereocenters. The van der Waals surface area contributed by atoms with E-state index in [4.69, 9.17) is 10.5 Å². The van der Waals surface area contributed by atoms with Crippen LogP contribution in [0.2, 0.25) is 0 Å². The van der Waals surface area contributed by atoms with Gasteiger partial charge in [0.1, 0.15) is 5.67 Å². The molecule has 1 atom stereocenters. The lowest BCUT2D eigenvalue weighted by atomic mass is 10.2. The van der Waals surface area contributed by atoms with Crippen LogP contribution in [0.4, 0.5) is 4.39 Å². The van der Waals surface area contributed by atoms with Gasteiger partial charge in [0.2, 0.25) is 0 Å². The standard InChI is InChI=1S/C9H17FN2O/c10-9(1-2-9)7-12-3-4-13-8(5-11)6-12/h8H,1-7,11H2. The average Bonchev–Trinajstić information content (AvgIpc) is 2.84. The number of ether oxygens (including phenoxy) is 1. The molecule has 2 N–H and O–H groups in total. The Morgan fingerprint density at radius 1 is 1.54 bits per heavy atom. The van der Waals surface area contributed by atoms with E-state index in [-0.39, 0.29) is 6.10 Å². The van der Waals surface area contributed by atoms with Crippen molar-refractivity contribution in [2.75, 3.05) is 32.8 Å². The largest absolute Gasteiger partial charge is 0.374 e. The summed E-state index contributed by atoms with van der Waals surface area (Å²) >= 11 is 0. The summed E-state index contributed by atoms with van der Waals surface area (Å²) in [4.78, 5) is 2.13. The maximum Gasteiger partial charge on any atom is 0.123 e. The molecule has 2 fully saturated rings. The van der Waals surface area contributed by atoms with Gasteiger partial charge >= 0.3 is 0 Å². The van der Waals surface area contributed by atoms with Crippen LogP contribution >= 0.6 is 0 Å². The summed E-state index contributed by atoms with van der Waals surface area (Å²) in [5.41, 5.74) is 4.62. The summed E-state index contributed by atoms with van der Waals surface area (Å²) in [6, 6.07) is 0. The lowest BCUT2D eigenvalue weighted by Crippen LogP contribution is -2.47. The summed E-state index contributed by atoms with van der Waals surface area (Å²) in [6.07, 6.45) is 1.58. The quantitative estimate of drug-likeness (QED) is 0.685. The number of nitrogens with two attached hydrogens (primary N) is 1. The zero-order valence-electron chi connectivity index (χ0n) is 7.84. The van der Waals surface area contributed by atoms with E-state index in [1.165, 1.54) is 0 Å². The van der Waals surface area contributed by atoms with Crippen LogP contribution in [0.5, 0.6) is 0 Å². The monoisotopic (exact) mass is 188 g/mol. The molecule has 0 aromatic rings. The van der Waals surface area contributed by atoms with Gasteiger partial charge in [0.05, 0.1) is 12.7 Å². The molecule has 1 heterocycles. The number of hydrogen-bond acceptors (Lipinski definition) is 3. The number of nitrogens with zero attached hydrogens (tertiary/aromatic N) is 1. The highest BCUT2D eigenvalue weighted by Crippen LogP contribution is 2.40. The first-order valence-electron chi connectivity index (χ1n) is 4.95. The predicted molar refractivity (Wildman–Crippen MR) is 48.3 cm³/mol. The SMILES string of the molecule is NCC1CN(CC2(F)CC2)CCO1. The molecule has 3 nitrogen and oxygen atoms in total. The summed E-state index contributed by atoms with van der Waals surface area (Å²) < 4.78 is 18.8. The Morgan fingerprint density at radius 2 is 2.31 bits per heavy atom. The zero-order chi connectivity index (χ0) is 9.31. The fourth-order valence-electron chi connectivity index (χ4n) is 1.76. The summed E-state index contributed by atoms with van der Waals surface area (Å²) in [5.74, 6) is 0. The van der Waals surface area contributed by atoms with Gasteiger partial charge in [-0.3, -0.25) is 4.90 Å². The molecule has 0 amide bonds. The maximum absolute atomic E-state index is 13.4. The van der Waals surface area contributed by atoms with E-state index in [1.807, 2.05) is 0 Å². The molecule has 2 aliphatic rings. The van der Waals surface area contributed by atoms with E-state index in [1.54, 1.807) is 0 Å². The van der Waals surface area contributed by atoms with Crippen molar-refractivity contribution in [3.63, 3.8) is 0 Å². The number of morpholine rings is 1. The fourth-order valence-corrected chi connectivity index (χ4v) is 1.76. The van der Waals surface area contributed by atoms with Crippen LogP contribution in [0, 0.1) is 0 Å². The van der Waals surface area contributed by atoms with Gasteiger partial charge in [0.15, 0.2) is 0 Å². The van der Waals surface area contributed by atoms with Crippen LogP contribution in [0.1, 0.15) is 12.8 Å². The lowest BCUT2D eigenvalue weighted by Gasteiger charge is -2.33. The first-order valence-corrected chi connectivity index (χ1v) is 4.95. The van der Waals surface area contributed by atoms with Crippen molar-refractivity contribution in [2.24, 2.45) is 5.73 Å². The van der Waals surface area contributed by atoms with Gasteiger partial charge in [-0.2, -0.15) is 0 Å². The molecule has 0 aromatic heterocycles. The molecule has 1 saturated heterocycles. The average molecular weight is 188 g/mol. The van der Waals surface area contributed by atoms with E-state index in [2.05, 4.69) is 4.90 Å². The third-order valence-electron chi connectivity index (χ3n) is 2.79. The van der Waals surface area contributed by atoms with Crippen LogP contribution in [0.25, 0.3) is 0 Å². The van der Waals surface area contributed by atoms with Gasteiger partial charge in [-0.25, -0.2) is 4.39 Å². The molecular formula is C9H17FN2O. The third-order valence-corrected chi connectivity index (χ3v) is 2.79. The van der Waals surface area contributed by atoms with Crippen molar-refractivity contribution in [3.8, 4) is 0 Å². The second-order valence-corrected chi connectivity index (χ2v) is 4.11. The minimum atomic E-state index is -0.878. The highest BCUT2D eigenvalue weighted by molar-refractivity contribution is 4.97. The van der Waals surface area contributed by atoms with Gasteiger partial charge in [-0.15, -0.1) is 0 Å². The summed E-state index contributed by atoms with van der Waals surface area (Å²) in [6.45, 7) is 3.45. The van der Waals surface area contributed by atoms with Crippen molar-refractivity contribution in [1.29, 1.82) is 0 Å². The second-order valence-electron chi connectivity index (χ2n) is 4.11. The van der Waals surface area contributed by atoms with E-state index in [9.17, 15) is 4.39 Å². The Kier molecular flexibility index (Phi) is 2.53. The first-order chi connectivity index (χ1) is 6.22. The van der Waals surface area contributed by atoms with Gasteiger partial charge < -0.3 is 10.5 Å². The van der Waals surface area contributed by atoms with Crippen molar-refractivity contribution >= 4 is 0 Å². The highest BCUT2D eigenvalue weighted by atomic mass is 19.1. The Bertz CT molecular complexity index is 184. The Balaban J connectivity index is 1.78. The molecule has 76 valence electrons. The van der Waals surface area contributed by atoms with Gasteiger partial charge in [0, 0.05) is 26.2 Å². The molecular weight excluding hydrogens is 171 g/mol.